The zero-order valence-corrected chi connectivity index (χ0v) is 11.7. The lowest BCUT2D eigenvalue weighted by Crippen LogP contribution is -2.40. The standard InChI is InChI=1S/C11H20N2O4S/c1-7(2)12-10(15)6-18-5-4-9(11(16)17)13-8(3)14/h7,9H,4-6H2,1-3H3,(H,12,15)(H,13,14)(H,16,17). The second-order valence-electron chi connectivity index (χ2n) is 4.15. The van der Waals surface area contributed by atoms with Gasteiger partial charge in [-0.25, -0.2) is 4.79 Å². The molecule has 3 N–H and O–H groups in total. The van der Waals surface area contributed by atoms with E-state index in [4.69, 9.17) is 5.11 Å². The van der Waals surface area contributed by atoms with Crippen LogP contribution in [0.3, 0.4) is 0 Å². The van der Waals surface area contributed by atoms with Gasteiger partial charge in [0.05, 0.1) is 5.75 Å². The van der Waals surface area contributed by atoms with Gasteiger partial charge in [-0.3, -0.25) is 9.59 Å². The predicted molar refractivity (Wildman–Crippen MR) is 70.5 cm³/mol. The molecule has 18 heavy (non-hydrogen) atoms. The van der Waals surface area contributed by atoms with Gasteiger partial charge in [0, 0.05) is 13.0 Å². The maximum Gasteiger partial charge on any atom is 0.326 e. The average molecular weight is 276 g/mol. The van der Waals surface area contributed by atoms with Crippen molar-refractivity contribution in [2.45, 2.75) is 39.3 Å². The molecule has 0 fully saturated rings. The molecule has 1 unspecified atom stereocenters. The summed E-state index contributed by atoms with van der Waals surface area (Å²) in [5.41, 5.74) is 0. The number of carboxylic acid groups (broad SMARTS) is 1. The van der Waals surface area contributed by atoms with Crippen LogP contribution in [-0.4, -0.2) is 46.5 Å². The van der Waals surface area contributed by atoms with E-state index in [9.17, 15) is 14.4 Å². The van der Waals surface area contributed by atoms with Crippen LogP contribution in [0.1, 0.15) is 27.2 Å². The van der Waals surface area contributed by atoms with E-state index in [1.165, 1.54) is 18.7 Å². The molecule has 0 aromatic carbocycles. The smallest absolute Gasteiger partial charge is 0.326 e. The van der Waals surface area contributed by atoms with Crippen LogP contribution in [0.4, 0.5) is 0 Å². The molecule has 2 amide bonds. The highest BCUT2D eigenvalue weighted by Gasteiger charge is 2.17. The third-order valence-electron chi connectivity index (χ3n) is 1.91. The summed E-state index contributed by atoms with van der Waals surface area (Å²) in [6.07, 6.45) is 0.300. The number of nitrogens with one attached hydrogen (secondary N) is 2. The van der Waals surface area contributed by atoms with Gasteiger partial charge in [-0.2, -0.15) is 11.8 Å². The Bertz CT molecular complexity index is 307. The molecule has 0 aliphatic rings. The van der Waals surface area contributed by atoms with Gasteiger partial charge in [0.15, 0.2) is 0 Å². The molecule has 0 bridgehead atoms. The van der Waals surface area contributed by atoms with Crippen LogP contribution in [0.25, 0.3) is 0 Å². The molecular formula is C11H20N2O4S. The van der Waals surface area contributed by atoms with E-state index in [1.54, 1.807) is 0 Å². The third-order valence-corrected chi connectivity index (χ3v) is 2.90. The normalized spacial score (nSPS) is 12.0. The van der Waals surface area contributed by atoms with Gasteiger partial charge in [0.25, 0.3) is 0 Å². The minimum atomic E-state index is -1.06. The fourth-order valence-corrected chi connectivity index (χ4v) is 2.05. The topological polar surface area (TPSA) is 95.5 Å². The lowest BCUT2D eigenvalue weighted by Gasteiger charge is -2.13. The number of aliphatic carboxylic acids is 1. The second kappa shape index (κ2) is 8.79. The van der Waals surface area contributed by atoms with E-state index in [2.05, 4.69) is 10.6 Å². The van der Waals surface area contributed by atoms with E-state index >= 15 is 0 Å². The van der Waals surface area contributed by atoms with Crippen LogP contribution >= 0.6 is 11.8 Å². The van der Waals surface area contributed by atoms with Crippen LogP contribution < -0.4 is 10.6 Å². The largest absolute Gasteiger partial charge is 0.480 e. The van der Waals surface area contributed by atoms with Gasteiger partial charge in [-0.15, -0.1) is 0 Å². The van der Waals surface area contributed by atoms with Crippen molar-refractivity contribution in [3.63, 3.8) is 0 Å². The van der Waals surface area contributed by atoms with Crippen molar-refractivity contribution in [3.05, 3.63) is 0 Å². The first-order chi connectivity index (χ1) is 8.32. The first-order valence-electron chi connectivity index (χ1n) is 5.70. The van der Waals surface area contributed by atoms with E-state index in [0.717, 1.165) is 0 Å². The number of hydrogen-bond acceptors (Lipinski definition) is 4. The Morgan fingerprint density at radius 1 is 1.22 bits per heavy atom. The number of carbonyl (C=O) groups is 3. The molecule has 1 atom stereocenters. The maximum atomic E-state index is 11.3. The molecule has 0 aromatic rings. The highest BCUT2D eigenvalue weighted by Crippen LogP contribution is 2.05. The Hall–Kier alpha value is -1.24. The quantitative estimate of drug-likeness (QED) is 0.551. The summed E-state index contributed by atoms with van der Waals surface area (Å²) in [6, 6.07) is -0.785. The molecular weight excluding hydrogens is 256 g/mol. The fourth-order valence-electron chi connectivity index (χ4n) is 1.23. The Labute approximate surface area is 111 Å². The Balaban J connectivity index is 3.83. The van der Waals surface area contributed by atoms with Gasteiger partial charge in [-0.1, -0.05) is 0 Å². The summed E-state index contributed by atoms with van der Waals surface area (Å²) in [5.74, 6) is -0.698. The summed E-state index contributed by atoms with van der Waals surface area (Å²) in [5, 5.41) is 13.9. The minimum Gasteiger partial charge on any atom is -0.480 e. The van der Waals surface area contributed by atoms with Gasteiger partial charge < -0.3 is 15.7 Å². The molecule has 104 valence electrons. The summed E-state index contributed by atoms with van der Waals surface area (Å²) >= 11 is 1.35. The molecule has 7 heteroatoms. The average Bonchev–Trinajstić information content (AvgIpc) is 2.20. The molecule has 0 heterocycles. The number of carbonyl (C=O) groups excluding carboxylic acids is 2. The Morgan fingerprint density at radius 2 is 1.83 bits per heavy atom. The number of thioether (sulfide) groups is 1. The van der Waals surface area contributed by atoms with Crippen LogP contribution in [0.2, 0.25) is 0 Å². The Kier molecular flexibility index (Phi) is 8.19. The van der Waals surface area contributed by atoms with E-state index in [0.29, 0.717) is 17.9 Å². The van der Waals surface area contributed by atoms with Crippen LogP contribution in [0.15, 0.2) is 0 Å². The van der Waals surface area contributed by atoms with Crippen LogP contribution in [0, 0.1) is 0 Å². The SMILES string of the molecule is CC(=O)NC(CCSCC(=O)NC(C)C)C(=O)O. The molecule has 0 radical (unpaired) electrons. The molecule has 0 aliphatic carbocycles. The predicted octanol–water partition coefficient (Wildman–Crippen LogP) is 0.224. The zero-order valence-electron chi connectivity index (χ0n) is 10.9. The number of carboxylic acids is 1. The summed E-state index contributed by atoms with van der Waals surface area (Å²) in [4.78, 5) is 32.9. The van der Waals surface area contributed by atoms with Crippen molar-refractivity contribution < 1.29 is 19.5 Å². The highest BCUT2D eigenvalue weighted by atomic mass is 32.2. The molecule has 0 rings (SSSR count). The molecule has 0 spiro atoms. The zero-order chi connectivity index (χ0) is 14.1. The van der Waals surface area contributed by atoms with Crippen molar-refractivity contribution in [1.29, 1.82) is 0 Å². The van der Waals surface area contributed by atoms with Crippen LogP contribution in [-0.2, 0) is 14.4 Å². The summed E-state index contributed by atoms with van der Waals surface area (Å²) < 4.78 is 0. The lowest BCUT2D eigenvalue weighted by atomic mass is 10.2. The molecule has 0 saturated heterocycles. The van der Waals surface area contributed by atoms with Crippen molar-refractivity contribution >= 4 is 29.5 Å². The number of amides is 2. The molecule has 0 aliphatic heterocycles. The van der Waals surface area contributed by atoms with Crippen molar-refractivity contribution in [1.82, 2.24) is 10.6 Å². The molecule has 0 aromatic heterocycles. The number of rotatable bonds is 8. The summed E-state index contributed by atoms with van der Waals surface area (Å²) in [7, 11) is 0. The maximum absolute atomic E-state index is 11.3. The molecule has 0 saturated carbocycles. The molecule has 6 nitrogen and oxygen atoms in total. The van der Waals surface area contributed by atoms with Crippen molar-refractivity contribution in [3.8, 4) is 0 Å². The first-order valence-corrected chi connectivity index (χ1v) is 6.85. The fraction of sp³-hybridized carbons (Fsp3) is 0.727. The lowest BCUT2D eigenvalue weighted by molar-refractivity contribution is -0.141. The number of hydrogen-bond donors (Lipinski definition) is 3. The van der Waals surface area contributed by atoms with Crippen molar-refractivity contribution in [2.24, 2.45) is 0 Å². The van der Waals surface area contributed by atoms with Gasteiger partial charge in [0.2, 0.25) is 11.8 Å². The van der Waals surface area contributed by atoms with Crippen molar-refractivity contribution in [2.75, 3.05) is 11.5 Å². The second-order valence-corrected chi connectivity index (χ2v) is 5.26. The van der Waals surface area contributed by atoms with E-state index < -0.39 is 12.0 Å². The van der Waals surface area contributed by atoms with Gasteiger partial charge in [-0.05, 0) is 26.0 Å². The Morgan fingerprint density at radius 3 is 2.28 bits per heavy atom. The van der Waals surface area contributed by atoms with E-state index in [-0.39, 0.29) is 17.9 Å². The highest BCUT2D eigenvalue weighted by molar-refractivity contribution is 7.99. The van der Waals surface area contributed by atoms with Gasteiger partial charge >= 0.3 is 5.97 Å². The van der Waals surface area contributed by atoms with Gasteiger partial charge in [0.1, 0.15) is 6.04 Å². The first kappa shape index (κ1) is 16.8. The minimum absolute atomic E-state index is 0.0681. The van der Waals surface area contributed by atoms with E-state index in [1.807, 2.05) is 13.8 Å². The third kappa shape index (κ3) is 8.86. The summed E-state index contributed by atoms with van der Waals surface area (Å²) in [6.45, 7) is 5.03. The monoisotopic (exact) mass is 276 g/mol. The van der Waals surface area contributed by atoms with Crippen LogP contribution in [0.5, 0.6) is 0 Å².